The molecule has 0 aromatic carbocycles. The molecule has 0 nitrogen and oxygen atoms in total. The molecule has 0 atom stereocenters. The summed E-state index contributed by atoms with van der Waals surface area (Å²) in [4.78, 5) is 0. The summed E-state index contributed by atoms with van der Waals surface area (Å²) in [5.74, 6) is 0. The van der Waals surface area contributed by atoms with E-state index in [4.69, 9.17) is 0 Å². The van der Waals surface area contributed by atoms with E-state index < -0.39 is 0 Å². The smallest absolute Gasteiger partial charge is 0.00567 e. The van der Waals surface area contributed by atoms with Crippen molar-refractivity contribution in [1.82, 2.24) is 0 Å². The van der Waals surface area contributed by atoms with Gasteiger partial charge in [0.05, 0.1) is 0 Å². The zero-order chi connectivity index (χ0) is 17.5. The van der Waals surface area contributed by atoms with Crippen LogP contribution in [0.4, 0.5) is 0 Å². The van der Waals surface area contributed by atoms with Gasteiger partial charge >= 0.3 is 0 Å². The summed E-state index contributed by atoms with van der Waals surface area (Å²) in [6.45, 7) is 18.9. The molecule has 0 radical (unpaired) electrons. The molecule has 0 heteroatoms. The summed E-state index contributed by atoms with van der Waals surface area (Å²) in [5, 5.41) is 0. The van der Waals surface area contributed by atoms with Crippen molar-refractivity contribution in [1.29, 1.82) is 0 Å². The molecule has 2 fully saturated rings. The summed E-state index contributed by atoms with van der Waals surface area (Å²) < 4.78 is 0. The molecule has 0 aliphatic heterocycles. The molecule has 23 heavy (non-hydrogen) atoms. The molecular weight excluding hydrogens is 276 g/mol. The van der Waals surface area contributed by atoms with Gasteiger partial charge in [-0.15, -0.1) is 0 Å². The van der Waals surface area contributed by atoms with Crippen molar-refractivity contribution in [2.75, 3.05) is 0 Å². The molecule has 2 saturated carbocycles. The van der Waals surface area contributed by atoms with Gasteiger partial charge in [0.15, 0.2) is 0 Å². The van der Waals surface area contributed by atoms with E-state index in [-0.39, 0.29) is 21.7 Å². The van der Waals surface area contributed by atoms with Crippen molar-refractivity contribution in [2.45, 2.75) is 93.9 Å². The molecule has 2 aliphatic carbocycles. The molecule has 0 saturated heterocycles. The Balaban J connectivity index is 2.64. The first-order valence-corrected chi connectivity index (χ1v) is 9.41. The van der Waals surface area contributed by atoms with Gasteiger partial charge in [0.1, 0.15) is 0 Å². The molecule has 0 spiro atoms. The van der Waals surface area contributed by atoms with Crippen LogP contribution in [0.1, 0.15) is 93.9 Å². The lowest BCUT2D eigenvalue weighted by atomic mass is 9.61. The summed E-state index contributed by atoms with van der Waals surface area (Å²) in [5.41, 5.74) is 14.3. The van der Waals surface area contributed by atoms with E-state index in [9.17, 15) is 0 Å². The van der Waals surface area contributed by atoms with E-state index in [2.05, 4.69) is 72.6 Å². The van der Waals surface area contributed by atoms with Crippen LogP contribution in [0, 0.1) is 21.7 Å². The Hall–Kier alpha value is -0.920. The predicted octanol–water partition coefficient (Wildman–Crippen LogP) is 7.22. The first-order valence-electron chi connectivity index (χ1n) is 9.41. The Morgan fingerprint density at radius 3 is 1.04 bits per heavy atom. The van der Waals surface area contributed by atoms with Crippen LogP contribution in [0.25, 0.3) is 0 Å². The molecule has 0 heterocycles. The van der Waals surface area contributed by atoms with E-state index in [1.807, 2.05) is 0 Å². The highest BCUT2D eigenvalue weighted by molar-refractivity contribution is 5.25. The maximum absolute atomic E-state index is 3.56. The fourth-order valence-electron chi connectivity index (χ4n) is 5.11. The Morgan fingerprint density at radius 2 is 0.783 bits per heavy atom. The van der Waals surface area contributed by atoms with Crippen LogP contribution in [-0.4, -0.2) is 0 Å². The molecule has 0 unspecified atom stereocenters. The van der Waals surface area contributed by atoms with Crippen molar-refractivity contribution in [3.8, 4) is 0 Å². The zero-order valence-electron chi connectivity index (χ0n) is 16.7. The normalized spacial score (nSPS) is 27.7. The molecule has 2 aliphatic rings. The third-order valence-electron chi connectivity index (χ3n) is 6.29. The summed E-state index contributed by atoms with van der Waals surface area (Å²) in [6, 6.07) is 0. The standard InChI is InChI=1S/C23H36/c1-20(2)14-10-15-21(3,4)18(20)12-9-13-19-22(5,6)16-11-17-23(19,7)8/h10-11,14-17H2,1-8H3. The first kappa shape index (κ1) is 18.4. The molecule has 0 bridgehead atoms. The zero-order valence-corrected chi connectivity index (χ0v) is 16.7. The Bertz CT molecular complexity index is 514. The van der Waals surface area contributed by atoms with Crippen molar-refractivity contribution in [3.63, 3.8) is 0 Å². The van der Waals surface area contributed by atoms with Gasteiger partial charge in [-0.25, -0.2) is 0 Å². The van der Waals surface area contributed by atoms with Crippen LogP contribution in [0.2, 0.25) is 0 Å². The average Bonchev–Trinajstić information content (AvgIpc) is 2.33. The number of allylic oxidation sites excluding steroid dienone is 2. The van der Waals surface area contributed by atoms with Gasteiger partial charge in [-0.2, -0.15) is 0 Å². The van der Waals surface area contributed by atoms with Crippen LogP contribution in [0.15, 0.2) is 28.3 Å². The third kappa shape index (κ3) is 3.78. The van der Waals surface area contributed by atoms with Crippen molar-refractivity contribution in [3.05, 3.63) is 28.3 Å². The minimum absolute atomic E-state index is 0.235. The van der Waals surface area contributed by atoms with Gasteiger partial charge in [-0.1, -0.05) is 79.7 Å². The van der Waals surface area contributed by atoms with Crippen LogP contribution in [0.5, 0.6) is 0 Å². The van der Waals surface area contributed by atoms with Crippen molar-refractivity contribution in [2.24, 2.45) is 21.7 Å². The fourth-order valence-corrected chi connectivity index (χ4v) is 5.11. The second-order valence-corrected chi connectivity index (χ2v) is 10.4. The molecule has 128 valence electrons. The quantitative estimate of drug-likeness (QED) is 0.414. The van der Waals surface area contributed by atoms with Gasteiger partial charge in [0.2, 0.25) is 0 Å². The lowest BCUT2D eigenvalue weighted by molar-refractivity contribution is 0.216. The minimum Gasteiger partial charge on any atom is -0.0612 e. The summed E-state index contributed by atoms with van der Waals surface area (Å²) >= 11 is 0. The van der Waals surface area contributed by atoms with Crippen LogP contribution < -0.4 is 0 Å². The molecule has 0 aromatic rings. The number of hydrogen-bond acceptors (Lipinski definition) is 0. The molecular formula is C23H36. The van der Waals surface area contributed by atoms with Gasteiger partial charge in [0, 0.05) is 0 Å². The topological polar surface area (TPSA) is 0 Å². The van der Waals surface area contributed by atoms with Crippen LogP contribution >= 0.6 is 0 Å². The highest BCUT2D eigenvalue weighted by Crippen LogP contribution is 2.51. The van der Waals surface area contributed by atoms with Gasteiger partial charge in [0.25, 0.3) is 0 Å². The van der Waals surface area contributed by atoms with Crippen molar-refractivity contribution < 1.29 is 0 Å². The Labute approximate surface area is 144 Å². The van der Waals surface area contributed by atoms with Gasteiger partial charge in [-0.3, -0.25) is 0 Å². The van der Waals surface area contributed by atoms with E-state index >= 15 is 0 Å². The van der Waals surface area contributed by atoms with Crippen LogP contribution in [-0.2, 0) is 0 Å². The maximum atomic E-state index is 3.56. The van der Waals surface area contributed by atoms with E-state index in [0.29, 0.717) is 0 Å². The van der Waals surface area contributed by atoms with E-state index in [0.717, 1.165) is 0 Å². The second kappa shape index (κ2) is 5.86. The number of rotatable bonds is 0. The molecule has 0 amide bonds. The minimum atomic E-state index is 0.235. The summed E-state index contributed by atoms with van der Waals surface area (Å²) in [6.07, 6.45) is 7.66. The highest BCUT2D eigenvalue weighted by atomic mass is 14.4. The molecule has 2 rings (SSSR count). The van der Waals surface area contributed by atoms with E-state index in [1.54, 1.807) is 0 Å². The van der Waals surface area contributed by atoms with E-state index in [1.165, 1.54) is 49.7 Å². The maximum Gasteiger partial charge on any atom is -0.00567 e. The van der Waals surface area contributed by atoms with Gasteiger partial charge in [-0.05, 0) is 64.2 Å². The summed E-state index contributed by atoms with van der Waals surface area (Å²) in [7, 11) is 0. The average molecular weight is 313 g/mol. The monoisotopic (exact) mass is 312 g/mol. The van der Waals surface area contributed by atoms with Crippen molar-refractivity contribution >= 4 is 0 Å². The third-order valence-corrected chi connectivity index (χ3v) is 6.29. The molecule has 0 N–H and O–H groups in total. The lowest BCUT2D eigenvalue weighted by Gasteiger charge is -2.42. The predicted molar refractivity (Wildman–Crippen MR) is 100 cm³/mol. The SMILES string of the molecule is CC1(C)CCCC(C)(C)C1=C=C=C=C1C(C)(C)CCCC1(C)C. The Morgan fingerprint density at radius 1 is 0.522 bits per heavy atom. The second-order valence-electron chi connectivity index (χ2n) is 10.4. The number of hydrogen-bond donors (Lipinski definition) is 0. The van der Waals surface area contributed by atoms with Gasteiger partial charge < -0.3 is 0 Å². The fraction of sp³-hybridized carbons (Fsp3) is 0.783. The first-order chi connectivity index (χ1) is 10.4. The largest absolute Gasteiger partial charge is 0.0612 e. The van der Waals surface area contributed by atoms with Crippen LogP contribution in [0.3, 0.4) is 0 Å². The lowest BCUT2D eigenvalue weighted by Crippen LogP contribution is -2.31. The molecule has 0 aromatic heterocycles. The highest BCUT2D eigenvalue weighted by Gasteiger charge is 2.39. The Kier molecular flexibility index (Phi) is 4.69.